The fourth-order valence-electron chi connectivity index (χ4n) is 2.17. The maximum Gasteiger partial charge on any atom is 0.166 e. The molecule has 1 aromatic carbocycles. The van der Waals surface area contributed by atoms with Crippen LogP contribution in [0.3, 0.4) is 0 Å². The summed E-state index contributed by atoms with van der Waals surface area (Å²) in [7, 11) is 4.08. The number of hydrogen-bond acceptors (Lipinski definition) is 3. The van der Waals surface area contributed by atoms with Crippen LogP contribution in [-0.4, -0.2) is 38.5 Å². The Morgan fingerprint density at radius 3 is 2.65 bits per heavy atom. The number of hydrogen-bond donors (Lipinski definition) is 2. The molecule has 1 aliphatic heterocycles. The molecule has 110 valence electrons. The first-order chi connectivity index (χ1) is 9.65. The zero-order valence-electron chi connectivity index (χ0n) is 12.2. The third-order valence-corrected chi connectivity index (χ3v) is 3.71. The Hall–Kier alpha value is -1.33. The van der Waals surface area contributed by atoms with E-state index >= 15 is 0 Å². The summed E-state index contributed by atoms with van der Waals surface area (Å²) in [5.74, 6) is 0. The van der Waals surface area contributed by atoms with E-state index in [1.807, 2.05) is 14.1 Å². The molecule has 2 N–H and O–H groups in total. The van der Waals surface area contributed by atoms with Crippen molar-refractivity contribution in [1.29, 1.82) is 0 Å². The van der Waals surface area contributed by atoms with Gasteiger partial charge in [-0.1, -0.05) is 12.1 Å². The van der Waals surface area contributed by atoms with Gasteiger partial charge in [-0.25, -0.2) is 0 Å². The van der Waals surface area contributed by atoms with Crippen molar-refractivity contribution in [2.24, 2.45) is 0 Å². The van der Waals surface area contributed by atoms with Crippen molar-refractivity contribution in [3.8, 4) is 0 Å². The first kappa shape index (κ1) is 15.1. The molecule has 5 heteroatoms. The molecule has 0 radical (unpaired) electrons. The molecule has 1 atom stereocenters. The van der Waals surface area contributed by atoms with E-state index in [-0.39, 0.29) is 0 Å². The normalized spacial score (nSPS) is 17.8. The van der Waals surface area contributed by atoms with Crippen LogP contribution >= 0.6 is 12.2 Å². The zero-order chi connectivity index (χ0) is 14.4. The molecule has 4 nitrogen and oxygen atoms in total. The molecule has 2 rings (SSSR count). The standard InChI is InChI=1S/C15H23N3OS/c1-18(2)13-7-5-12(6-8-13)10-16-15(20)17-11-14-4-3-9-19-14/h5-8,14H,3-4,9-11H2,1-2H3,(H2,16,17,20)/t14-/m1/s1. The molecule has 0 unspecified atom stereocenters. The quantitative estimate of drug-likeness (QED) is 0.811. The van der Waals surface area contributed by atoms with Gasteiger partial charge >= 0.3 is 0 Å². The molecular formula is C15H23N3OS. The van der Waals surface area contributed by atoms with Gasteiger partial charge in [-0.3, -0.25) is 0 Å². The number of nitrogens with one attached hydrogen (secondary N) is 2. The van der Waals surface area contributed by atoms with E-state index < -0.39 is 0 Å². The van der Waals surface area contributed by atoms with Crippen LogP contribution in [0.1, 0.15) is 18.4 Å². The van der Waals surface area contributed by atoms with Crippen molar-refractivity contribution in [2.45, 2.75) is 25.5 Å². The van der Waals surface area contributed by atoms with Crippen LogP contribution in [0.5, 0.6) is 0 Å². The molecule has 0 aromatic heterocycles. The van der Waals surface area contributed by atoms with Crippen molar-refractivity contribution in [3.05, 3.63) is 29.8 Å². The molecule has 1 aliphatic rings. The topological polar surface area (TPSA) is 36.5 Å². The number of anilines is 1. The lowest BCUT2D eigenvalue weighted by atomic mass is 10.2. The average Bonchev–Trinajstić information content (AvgIpc) is 2.96. The van der Waals surface area contributed by atoms with Gasteiger partial charge in [0.05, 0.1) is 6.10 Å². The Morgan fingerprint density at radius 2 is 2.05 bits per heavy atom. The smallest absolute Gasteiger partial charge is 0.166 e. The van der Waals surface area contributed by atoms with E-state index in [9.17, 15) is 0 Å². The van der Waals surface area contributed by atoms with Crippen LogP contribution in [0.2, 0.25) is 0 Å². The summed E-state index contributed by atoms with van der Waals surface area (Å²) >= 11 is 5.27. The number of ether oxygens (including phenoxy) is 1. The van der Waals surface area contributed by atoms with Crippen molar-refractivity contribution in [1.82, 2.24) is 10.6 Å². The molecule has 1 saturated heterocycles. The van der Waals surface area contributed by atoms with Gasteiger partial charge in [0, 0.05) is 39.5 Å². The molecule has 0 amide bonds. The minimum absolute atomic E-state index is 0.314. The maximum absolute atomic E-state index is 5.55. The summed E-state index contributed by atoms with van der Waals surface area (Å²) < 4.78 is 5.55. The van der Waals surface area contributed by atoms with Gasteiger partial charge in [0.15, 0.2) is 5.11 Å². The van der Waals surface area contributed by atoms with E-state index in [0.717, 1.165) is 32.5 Å². The third-order valence-electron chi connectivity index (χ3n) is 3.42. The van der Waals surface area contributed by atoms with Crippen molar-refractivity contribution in [2.75, 3.05) is 32.1 Å². The van der Waals surface area contributed by atoms with E-state index in [4.69, 9.17) is 17.0 Å². The Labute approximate surface area is 126 Å². The Bertz CT molecular complexity index is 427. The Morgan fingerprint density at radius 1 is 1.30 bits per heavy atom. The predicted molar refractivity (Wildman–Crippen MR) is 87.2 cm³/mol. The lowest BCUT2D eigenvalue weighted by molar-refractivity contribution is 0.114. The van der Waals surface area contributed by atoms with Crippen LogP contribution in [0.25, 0.3) is 0 Å². The number of thiocarbonyl (C=S) groups is 1. The predicted octanol–water partition coefficient (Wildman–Crippen LogP) is 1.90. The molecule has 1 fully saturated rings. The third kappa shape index (κ3) is 4.65. The highest BCUT2D eigenvalue weighted by atomic mass is 32.1. The van der Waals surface area contributed by atoms with Crippen molar-refractivity contribution >= 4 is 23.0 Å². The van der Waals surface area contributed by atoms with E-state index in [1.54, 1.807) is 0 Å². The summed E-state index contributed by atoms with van der Waals surface area (Å²) in [5, 5.41) is 7.13. The molecule has 1 heterocycles. The SMILES string of the molecule is CN(C)c1ccc(CNC(=S)NC[C@H]2CCCO2)cc1. The van der Waals surface area contributed by atoms with Gasteiger partial charge in [-0.15, -0.1) is 0 Å². The first-order valence-corrected chi connectivity index (χ1v) is 7.45. The Balaban J connectivity index is 1.69. The van der Waals surface area contributed by atoms with Crippen molar-refractivity contribution < 1.29 is 4.74 Å². The highest BCUT2D eigenvalue weighted by Gasteiger charge is 2.15. The van der Waals surface area contributed by atoms with Crippen LogP contribution in [0.15, 0.2) is 24.3 Å². The second-order valence-electron chi connectivity index (χ2n) is 5.26. The second kappa shape index (κ2) is 7.45. The lowest BCUT2D eigenvalue weighted by Crippen LogP contribution is -2.39. The first-order valence-electron chi connectivity index (χ1n) is 7.05. The zero-order valence-corrected chi connectivity index (χ0v) is 13.0. The van der Waals surface area contributed by atoms with E-state index in [1.165, 1.54) is 11.3 Å². The summed E-state index contributed by atoms with van der Waals surface area (Å²) in [6, 6.07) is 8.45. The number of benzene rings is 1. The van der Waals surface area contributed by atoms with E-state index in [0.29, 0.717) is 11.2 Å². The minimum Gasteiger partial charge on any atom is -0.378 e. The van der Waals surface area contributed by atoms with Crippen LogP contribution in [0, 0.1) is 0 Å². The van der Waals surface area contributed by atoms with Gasteiger partial charge in [0.2, 0.25) is 0 Å². The summed E-state index contributed by atoms with van der Waals surface area (Å²) in [4.78, 5) is 2.09. The van der Waals surface area contributed by atoms with Gasteiger partial charge in [0.25, 0.3) is 0 Å². The van der Waals surface area contributed by atoms with Crippen LogP contribution in [0.4, 0.5) is 5.69 Å². The summed E-state index contributed by atoms with van der Waals surface area (Å²) in [6.45, 7) is 2.42. The van der Waals surface area contributed by atoms with Crippen LogP contribution in [-0.2, 0) is 11.3 Å². The molecule has 0 saturated carbocycles. The number of rotatable bonds is 5. The van der Waals surface area contributed by atoms with Crippen molar-refractivity contribution in [3.63, 3.8) is 0 Å². The highest BCUT2D eigenvalue weighted by Crippen LogP contribution is 2.12. The molecule has 0 aliphatic carbocycles. The summed E-state index contributed by atoms with van der Waals surface area (Å²) in [5.41, 5.74) is 2.42. The maximum atomic E-state index is 5.55. The fourth-order valence-corrected chi connectivity index (χ4v) is 2.32. The summed E-state index contributed by atoms with van der Waals surface area (Å²) in [6.07, 6.45) is 2.60. The van der Waals surface area contributed by atoms with Crippen LogP contribution < -0.4 is 15.5 Å². The molecule has 20 heavy (non-hydrogen) atoms. The fraction of sp³-hybridized carbons (Fsp3) is 0.533. The number of nitrogens with zero attached hydrogens (tertiary/aromatic N) is 1. The average molecular weight is 293 g/mol. The van der Waals surface area contributed by atoms with Gasteiger partial charge in [-0.05, 0) is 42.8 Å². The molecular weight excluding hydrogens is 270 g/mol. The molecule has 0 spiro atoms. The van der Waals surface area contributed by atoms with Gasteiger partial charge < -0.3 is 20.3 Å². The van der Waals surface area contributed by atoms with Gasteiger partial charge in [-0.2, -0.15) is 0 Å². The lowest BCUT2D eigenvalue weighted by Gasteiger charge is -2.15. The Kier molecular flexibility index (Phi) is 5.61. The largest absolute Gasteiger partial charge is 0.378 e. The highest BCUT2D eigenvalue weighted by molar-refractivity contribution is 7.80. The molecule has 1 aromatic rings. The monoisotopic (exact) mass is 293 g/mol. The van der Waals surface area contributed by atoms with Gasteiger partial charge in [0.1, 0.15) is 0 Å². The second-order valence-corrected chi connectivity index (χ2v) is 5.67. The molecule has 0 bridgehead atoms. The van der Waals surface area contributed by atoms with E-state index in [2.05, 4.69) is 39.8 Å². The minimum atomic E-state index is 0.314.